The molecule has 0 saturated heterocycles. The number of nitrogens with zero attached hydrogens (tertiary/aromatic N) is 1. The van der Waals surface area contributed by atoms with E-state index in [1.807, 2.05) is 19.9 Å². The van der Waals surface area contributed by atoms with Gasteiger partial charge in [-0.3, -0.25) is 9.59 Å². The number of aliphatic hydroxyl groups excluding tert-OH is 1. The highest BCUT2D eigenvalue weighted by molar-refractivity contribution is 7.14. The monoisotopic (exact) mass is 359 g/mol. The molecule has 0 fully saturated rings. The van der Waals surface area contributed by atoms with Gasteiger partial charge in [0.25, 0.3) is 5.91 Å². The highest BCUT2D eigenvalue weighted by Gasteiger charge is 2.35. The Morgan fingerprint density at radius 3 is 2.52 bits per heavy atom. The van der Waals surface area contributed by atoms with Crippen LogP contribution < -0.4 is 0 Å². The Hall–Kier alpha value is -2.47. The Labute approximate surface area is 149 Å². The number of thiophene rings is 1. The van der Waals surface area contributed by atoms with E-state index in [9.17, 15) is 19.1 Å². The Bertz CT molecular complexity index is 852. The van der Waals surface area contributed by atoms with Crippen LogP contribution in [-0.4, -0.2) is 34.3 Å². The van der Waals surface area contributed by atoms with Crippen LogP contribution in [0.1, 0.15) is 34.0 Å². The molecule has 0 saturated carbocycles. The van der Waals surface area contributed by atoms with E-state index in [4.69, 9.17) is 0 Å². The largest absolute Gasteiger partial charge is 0.503 e. The molecule has 0 radical (unpaired) electrons. The molecule has 1 aliphatic heterocycles. The van der Waals surface area contributed by atoms with Crippen LogP contribution in [0, 0.1) is 5.82 Å². The number of hydrogen-bond donors (Lipinski definition) is 1. The van der Waals surface area contributed by atoms with E-state index in [-0.39, 0.29) is 29.8 Å². The van der Waals surface area contributed by atoms with Crippen molar-refractivity contribution in [3.63, 3.8) is 0 Å². The summed E-state index contributed by atoms with van der Waals surface area (Å²) in [5.41, 5.74) is 1.10. The number of rotatable bonds is 5. The standard InChI is InChI=1S/C19H18FNO3S/c1-11(2)21-10-15(18(23)19(21)24)17(22)16-8-7-14(25-16)9-12-3-5-13(20)6-4-12/h3-8,11,23H,9-10H2,1-2H3. The van der Waals surface area contributed by atoms with Crippen LogP contribution in [0.4, 0.5) is 4.39 Å². The van der Waals surface area contributed by atoms with Crippen molar-refractivity contribution in [1.29, 1.82) is 0 Å². The van der Waals surface area contributed by atoms with Gasteiger partial charge < -0.3 is 10.0 Å². The van der Waals surface area contributed by atoms with E-state index in [1.165, 1.54) is 28.4 Å². The van der Waals surface area contributed by atoms with Crippen LogP contribution >= 0.6 is 11.3 Å². The molecule has 2 aromatic rings. The average molecular weight is 359 g/mol. The zero-order chi connectivity index (χ0) is 18.1. The molecule has 130 valence electrons. The first-order chi connectivity index (χ1) is 11.9. The lowest BCUT2D eigenvalue weighted by Gasteiger charge is -2.20. The van der Waals surface area contributed by atoms with Crippen molar-refractivity contribution in [3.05, 3.63) is 68.9 Å². The van der Waals surface area contributed by atoms with Gasteiger partial charge in [-0.1, -0.05) is 12.1 Å². The summed E-state index contributed by atoms with van der Waals surface area (Å²) in [6.07, 6.45) is 0.598. The summed E-state index contributed by atoms with van der Waals surface area (Å²) in [6, 6.07) is 9.69. The van der Waals surface area contributed by atoms with E-state index < -0.39 is 11.7 Å². The summed E-state index contributed by atoms with van der Waals surface area (Å²) in [7, 11) is 0. The molecule has 1 aromatic heterocycles. The third-order valence-electron chi connectivity index (χ3n) is 4.15. The summed E-state index contributed by atoms with van der Waals surface area (Å²) in [5, 5.41) is 10.0. The molecule has 1 aliphatic rings. The van der Waals surface area contributed by atoms with Crippen molar-refractivity contribution < 1.29 is 19.1 Å². The molecule has 4 nitrogen and oxygen atoms in total. The molecule has 0 aliphatic carbocycles. The van der Waals surface area contributed by atoms with Crippen LogP contribution in [0.3, 0.4) is 0 Å². The lowest BCUT2D eigenvalue weighted by atomic mass is 10.1. The molecule has 0 bridgehead atoms. The zero-order valence-electron chi connectivity index (χ0n) is 14.0. The number of carbonyl (C=O) groups is 2. The van der Waals surface area contributed by atoms with Crippen molar-refractivity contribution in [2.45, 2.75) is 26.3 Å². The van der Waals surface area contributed by atoms with E-state index in [1.54, 1.807) is 18.2 Å². The smallest absolute Gasteiger partial charge is 0.289 e. The molecule has 1 aromatic carbocycles. The summed E-state index contributed by atoms with van der Waals surface area (Å²) < 4.78 is 13.0. The van der Waals surface area contributed by atoms with Gasteiger partial charge in [-0.2, -0.15) is 0 Å². The SMILES string of the molecule is CC(C)N1CC(C(=O)c2ccc(Cc3ccc(F)cc3)s2)=C(O)C1=O. The van der Waals surface area contributed by atoms with Gasteiger partial charge >= 0.3 is 0 Å². The zero-order valence-corrected chi connectivity index (χ0v) is 14.8. The van der Waals surface area contributed by atoms with Gasteiger partial charge in [-0.25, -0.2) is 4.39 Å². The first-order valence-electron chi connectivity index (χ1n) is 7.97. The van der Waals surface area contributed by atoms with Gasteiger partial charge in [-0.05, 0) is 43.7 Å². The first-order valence-corrected chi connectivity index (χ1v) is 8.79. The van der Waals surface area contributed by atoms with Crippen LogP contribution in [0.25, 0.3) is 0 Å². The number of amides is 1. The van der Waals surface area contributed by atoms with Crippen molar-refractivity contribution >= 4 is 23.0 Å². The van der Waals surface area contributed by atoms with Crippen molar-refractivity contribution in [2.24, 2.45) is 0 Å². The molecule has 1 N–H and O–H groups in total. The average Bonchev–Trinajstić information content (AvgIpc) is 3.15. The van der Waals surface area contributed by atoms with Crippen LogP contribution in [-0.2, 0) is 11.2 Å². The maximum absolute atomic E-state index is 13.0. The number of halogens is 1. The van der Waals surface area contributed by atoms with Crippen molar-refractivity contribution in [1.82, 2.24) is 4.90 Å². The Balaban J connectivity index is 1.77. The van der Waals surface area contributed by atoms with Gasteiger partial charge in [-0.15, -0.1) is 11.3 Å². The maximum Gasteiger partial charge on any atom is 0.289 e. The minimum Gasteiger partial charge on any atom is -0.503 e. The number of benzene rings is 1. The van der Waals surface area contributed by atoms with Crippen molar-refractivity contribution in [2.75, 3.05) is 6.54 Å². The van der Waals surface area contributed by atoms with Gasteiger partial charge in [0.05, 0.1) is 17.0 Å². The number of aliphatic hydroxyl groups is 1. The Morgan fingerprint density at radius 1 is 1.24 bits per heavy atom. The highest BCUT2D eigenvalue weighted by atomic mass is 32.1. The minimum atomic E-state index is -0.499. The molecule has 0 atom stereocenters. The lowest BCUT2D eigenvalue weighted by molar-refractivity contribution is -0.129. The fraction of sp³-hybridized carbons (Fsp3) is 0.263. The Morgan fingerprint density at radius 2 is 1.92 bits per heavy atom. The van der Waals surface area contributed by atoms with Gasteiger partial charge in [0.15, 0.2) is 5.76 Å². The summed E-state index contributed by atoms with van der Waals surface area (Å²) in [4.78, 5) is 27.6. The number of Topliss-reactive ketones (excluding diaryl/α,β-unsaturated/α-hetero) is 1. The minimum absolute atomic E-state index is 0.0858. The maximum atomic E-state index is 13.0. The third kappa shape index (κ3) is 3.49. The molecule has 3 rings (SSSR count). The number of hydrogen-bond acceptors (Lipinski definition) is 4. The molecular formula is C19H18FNO3S. The lowest BCUT2D eigenvalue weighted by Crippen LogP contribution is -2.34. The second-order valence-electron chi connectivity index (χ2n) is 6.25. The van der Waals surface area contributed by atoms with Gasteiger partial charge in [0.1, 0.15) is 5.82 Å². The fourth-order valence-electron chi connectivity index (χ4n) is 2.73. The predicted molar refractivity (Wildman–Crippen MR) is 94.4 cm³/mol. The molecule has 6 heteroatoms. The van der Waals surface area contributed by atoms with Crippen LogP contribution in [0.5, 0.6) is 0 Å². The Kier molecular flexibility index (Phi) is 4.72. The van der Waals surface area contributed by atoms with Crippen LogP contribution in [0.15, 0.2) is 47.7 Å². The molecule has 0 unspecified atom stereocenters. The van der Waals surface area contributed by atoms with E-state index in [0.29, 0.717) is 11.3 Å². The first kappa shape index (κ1) is 17.4. The molecule has 1 amide bonds. The summed E-state index contributed by atoms with van der Waals surface area (Å²) in [5.74, 6) is -1.55. The van der Waals surface area contributed by atoms with Gasteiger partial charge in [0, 0.05) is 17.3 Å². The topological polar surface area (TPSA) is 57.6 Å². The quantitative estimate of drug-likeness (QED) is 0.828. The second-order valence-corrected chi connectivity index (χ2v) is 7.42. The second kappa shape index (κ2) is 6.80. The van der Waals surface area contributed by atoms with Crippen LogP contribution in [0.2, 0.25) is 0 Å². The normalized spacial score (nSPS) is 14.7. The fourth-order valence-corrected chi connectivity index (χ4v) is 3.74. The summed E-state index contributed by atoms with van der Waals surface area (Å²) >= 11 is 1.32. The number of ketones is 1. The highest BCUT2D eigenvalue weighted by Crippen LogP contribution is 2.27. The molecule has 2 heterocycles. The van der Waals surface area contributed by atoms with Crippen molar-refractivity contribution in [3.8, 4) is 0 Å². The molecule has 0 spiro atoms. The molecule has 25 heavy (non-hydrogen) atoms. The van der Waals surface area contributed by atoms with E-state index >= 15 is 0 Å². The predicted octanol–water partition coefficient (Wildman–Crippen LogP) is 3.72. The van der Waals surface area contributed by atoms with E-state index in [0.717, 1.165) is 10.4 Å². The third-order valence-corrected chi connectivity index (χ3v) is 5.24. The van der Waals surface area contributed by atoms with E-state index in [2.05, 4.69) is 0 Å². The number of carbonyl (C=O) groups excluding carboxylic acids is 2. The van der Waals surface area contributed by atoms with Gasteiger partial charge in [0.2, 0.25) is 5.78 Å². The molecular weight excluding hydrogens is 341 g/mol. The summed E-state index contributed by atoms with van der Waals surface area (Å²) in [6.45, 7) is 3.81.